The first-order valence-corrected chi connectivity index (χ1v) is 17.8. The van der Waals surface area contributed by atoms with E-state index in [0.717, 1.165) is 38.5 Å². The van der Waals surface area contributed by atoms with E-state index >= 15 is 0 Å². The SMILES string of the molecule is CCCCCCCCOc1ccc(C(=O)Oc2ccc(-c3ccc(OC(=O)c4c(F)c(F)c(N=[N+]=[N-])c(F)c4F)cc3)cc2)c(OCCCCCCN)c1. The van der Waals surface area contributed by atoms with Crippen LogP contribution in [0.25, 0.3) is 21.6 Å². The Labute approximate surface area is 310 Å². The molecule has 0 fully saturated rings. The summed E-state index contributed by atoms with van der Waals surface area (Å²) in [6.45, 7) is 3.80. The van der Waals surface area contributed by atoms with Gasteiger partial charge in [-0.1, -0.05) is 81.2 Å². The van der Waals surface area contributed by atoms with E-state index in [1.54, 1.807) is 42.5 Å². The molecule has 4 rings (SSSR count). The first-order chi connectivity index (χ1) is 26.2. The van der Waals surface area contributed by atoms with Gasteiger partial charge in [0, 0.05) is 11.0 Å². The highest BCUT2D eigenvalue weighted by atomic mass is 19.2. The van der Waals surface area contributed by atoms with Crippen molar-refractivity contribution in [1.29, 1.82) is 0 Å². The second-order valence-corrected chi connectivity index (χ2v) is 12.3. The number of hydrogen-bond donors (Lipinski definition) is 1. The van der Waals surface area contributed by atoms with Crippen molar-refractivity contribution >= 4 is 17.6 Å². The molecule has 0 aliphatic carbocycles. The van der Waals surface area contributed by atoms with Gasteiger partial charge in [-0.15, -0.1) is 0 Å². The molecule has 0 atom stereocenters. The number of hydrogen-bond acceptors (Lipinski definition) is 8. The third-order valence-electron chi connectivity index (χ3n) is 8.35. The van der Waals surface area contributed by atoms with E-state index in [-0.39, 0.29) is 17.1 Å². The largest absolute Gasteiger partial charge is 0.493 e. The molecule has 0 radical (unpaired) electrons. The summed E-state index contributed by atoms with van der Waals surface area (Å²) in [5.74, 6) is -9.49. The first kappa shape index (κ1) is 41.2. The molecular weight excluding hydrogens is 708 g/mol. The van der Waals surface area contributed by atoms with Crippen molar-refractivity contribution in [2.24, 2.45) is 10.8 Å². The lowest BCUT2D eigenvalue weighted by Crippen LogP contribution is -2.16. The maximum atomic E-state index is 14.4. The lowest BCUT2D eigenvalue weighted by Gasteiger charge is -2.14. The van der Waals surface area contributed by atoms with Crippen LogP contribution in [0.2, 0.25) is 0 Å². The van der Waals surface area contributed by atoms with Gasteiger partial charge in [0.1, 0.15) is 39.8 Å². The van der Waals surface area contributed by atoms with Crippen LogP contribution in [0.15, 0.2) is 71.8 Å². The van der Waals surface area contributed by atoms with E-state index < -0.39 is 46.5 Å². The fourth-order valence-corrected chi connectivity index (χ4v) is 5.42. The zero-order valence-corrected chi connectivity index (χ0v) is 29.9. The monoisotopic (exact) mass is 750 g/mol. The van der Waals surface area contributed by atoms with Crippen molar-refractivity contribution in [2.75, 3.05) is 19.8 Å². The highest BCUT2D eigenvalue weighted by Gasteiger charge is 2.30. The Balaban J connectivity index is 1.39. The Morgan fingerprint density at radius 2 is 1.15 bits per heavy atom. The van der Waals surface area contributed by atoms with Crippen molar-refractivity contribution in [1.82, 2.24) is 0 Å². The number of benzene rings is 4. The second kappa shape index (κ2) is 21.2. The number of unbranched alkanes of at least 4 members (excludes halogenated alkanes) is 8. The van der Waals surface area contributed by atoms with E-state index in [1.165, 1.54) is 49.9 Å². The molecule has 4 aromatic carbocycles. The molecule has 14 heteroatoms. The molecule has 54 heavy (non-hydrogen) atoms. The molecule has 0 bridgehead atoms. The Kier molecular flexibility index (Phi) is 16.2. The quantitative estimate of drug-likeness (QED) is 0.0130. The van der Waals surface area contributed by atoms with Gasteiger partial charge < -0.3 is 24.7 Å². The zero-order chi connectivity index (χ0) is 38.9. The van der Waals surface area contributed by atoms with Gasteiger partial charge in [-0.2, -0.15) is 0 Å². The van der Waals surface area contributed by atoms with E-state index in [0.29, 0.717) is 42.4 Å². The minimum Gasteiger partial charge on any atom is -0.493 e. The van der Waals surface area contributed by atoms with E-state index in [9.17, 15) is 27.2 Å². The molecule has 286 valence electrons. The van der Waals surface area contributed by atoms with Crippen molar-refractivity contribution < 1.29 is 46.1 Å². The van der Waals surface area contributed by atoms with Gasteiger partial charge >= 0.3 is 11.9 Å². The summed E-state index contributed by atoms with van der Waals surface area (Å²) in [6.07, 6.45) is 10.5. The van der Waals surface area contributed by atoms with Gasteiger partial charge in [0.25, 0.3) is 0 Å². The first-order valence-electron chi connectivity index (χ1n) is 17.8. The highest BCUT2D eigenvalue weighted by molar-refractivity contribution is 5.94. The number of nitrogens with zero attached hydrogens (tertiary/aromatic N) is 3. The molecule has 0 aliphatic heterocycles. The predicted octanol–water partition coefficient (Wildman–Crippen LogP) is 10.9. The Bertz CT molecular complexity index is 1890. The Morgan fingerprint density at radius 1 is 0.648 bits per heavy atom. The van der Waals surface area contributed by atoms with Crippen LogP contribution < -0.4 is 24.7 Å². The van der Waals surface area contributed by atoms with Crippen molar-refractivity contribution in [3.05, 3.63) is 112 Å². The van der Waals surface area contributed by atoms with Gasteiger partial charge in [0.15, 0.2) is 23.3 Å². The number of azide groups is 1. The van der Waals surface area contributed by atoms with Gasteiger partial charge in [-0.3, -0.25) is 0 Å². The average Bonchev–Trinajstić information content (AvgIpc) is 3.17. The number of carbonyl (C=O) groups is 2. The lowest BCUT2D eigenvalue weighted by molar-refractivity contribution is 0.0715. The van der Waals surface area contributed by atoms with Crippen molar-refractivity contribution in [3.63, 3.8) is 0 Å². The van der Waals surface area contributed by atoms with Gasteiger partial charge in [0.05, 0.1) is 13.2 Å². The molecule has 0 heterocycles. The summed E-state index contributed by atoms with van der Waals surface area (Å²) in [6, 6.07) is 17.3. The fourth-order valence-electron chi connectivity index (χ4n) is 5.42. The van der Waals surface area contributed by atoms with Crippen LogP contribution in [0.3, 0.4) is 0 Å². The molecule has 0 aliphatic rings. The number of rotatable bonds is 21. The number of nitrogens with two attached hydrogens (primary N) is 1. The van der Waals surface area contributed by atoms with Crippen LogP contribution in [0.4, 0.5) is 23.2 Å². The third-order valence-corrected chi connectivity index (χ3v) is 8.35. The number of esters is 2. The predicted molar refractivity (Wildman–Crippen MR) is 195 cm³/mol. The van der Waals surface area contributed by atoms with Crippen molar-refractivity contribution in [3.8, 4) is 34.1 Å². The zero-order valence-electron chi connectivity index (χ0n) is 29.9. The van der Waals surface area contributed by atoms with Crippen LogP contribution in [0, 0.1) is 23.3 Å². The summed E-state index contributed by atoms with van der Waals surface area (Å²) in [5.41, 5.74) is 12.3. The van der Waals surface area contributed by atoms with Crippen LogP contribution in [0.1, 0.15) is 91.8 Å². The molecule has 4 aromatic rings. The second-order valence-electron chi connectivity index (χ2n) is 12.3. The molecule has 0 saturated carbocycles. The summed E-state index contributed by atoms with van der Waals surface area (Å²) in [7, 11) is 0. The van der Waals surface area contributed by atoms with Crippen LogP contribution in [-0.4, -0.2) is 31.7 Å². The topological polar surface area (TPSA) is 146 Å². The highest BCUT2D eigenvalue weighted by Crippen LogP contribution is 2.32. The number of ether oxygens (including phenoxy) is 4. The molecule has 10 nitrogen and oxygen atoms in total. The van der Waals surface area contributed by atoms with Crippen LogP contribution >= 0.6 is 0 Å². The van der Waals surface area contributed by atoms with Crippen molar-refractivity contribution in [2.45, 2.75) is 71.1 Å². The summed E-state index contributed by atoms with van der Waals surface area (Å²) in [4.78, 5) is 27.9. The summed E-state index contributed by atoms with van der Waals surface area (Å²) in [5, 5.41) is 2.59. The molecule has 0 unspecified atom stereocenters. The number of halogens is 4. The van der Waals surface area contributed by atoms with E-state index in [2.05, 4.69) is 16.9 Å². The third kappa shape index (κ3) is 11.5. The minimum absolute atomic E-state index is 0.180. The average molecular weight is 751 g/mol. The standard InChI is InChI=1S/C40H42F4N4O6/c1-2-3-4-5-7-10-23-51-30-20-21-31(32(25-30)52-24-11-8-6-9-22-45)39(49)53-28-16-12-26(13-17-28)27-14-18-29(19-15-27)54-40(50)33-34(41)36(43)38(47-48-46)37(44)35(33)42/h12-21,25H,2-11,22-24,45H2,1H3. The van der Waals surface area contributed by atoms with Gasteiger partial charge in [-0.05, 0) is 78.9 Å². The molecule has 2 N–H and O–H groups in total. The normalized spacial score (nSPS) is 10.8. The number of carbonyl (C=O) groups excluding carboxylic acids is 2. The van der Waals surface area contributed by atoms with E-state index in [1.807, 2.05) is 0 Å². The Morgan fingerprint density at radius 3 is 1.70 bits per heavy atom. The Hall–Kier alpha value is -5.59. The van der Waals surface area contributed by atoms with Gasteiger partial charge in [0.2, 0.25) is 0 Å². The molecule has 0 spiro atoms. The fraction of sp³-hybridized carbons (Fsp3) is 0.350. The molecular formula is C40H42F4N4O6. The smallest absolute Gasteiger partial charge is 0.349 e. The molecule has 0 amide bonds. The minimum atomic E-state index is -2.07. The lowest BCUT2D eigenvalue weighted by atomic mass is 10.1. The van der Waals surface area contributed by atoms with Crippen LogP contribution in [0.5, 0.6) is 23.0 Å². The van der Waals surface area contributed by atoms with Crippen LogP contribution in [-0.2, 0) is 0 Å². The maximum absolute atomic E-state index is 14.4. The van der Waals surface area contributed by atoms with E-state index in [4.69, 9.17) is 30.2 Å². The van der Waals surface area contributed by atoms with Gasteiger partial charge in [-0.25, -0.2) is 27.2 Å². The summed E-state index contributed by atoms with van der Waals surface area (Å²) >= 11 is 0. The maximum Gasteiger partial charge on any atom is 0.349 e. The molecule has 0 aromatic heterocycles. The molecule has 0 saturated heterocycles. The summed E-state index contributed by atoms with van der Waals surface area (Å²) < 4.78 is 79.6.